The van der Waals surface area contributed by atoms with Crippen LogP contribution in [0.25, 0.3) is 0 Å². The third-order valence-electron chi connectivity index (χ3n) is 4.96. The molecule has 2 aromatic carbocycles. The molecule has 1 aliphatic heterocycles. The molecular weight excluding hydrogens is 338 g/mol. The maximum atomic E-state index is 12.4. The molecular formula is C22H27N3O2. The van der Waals surface area contributed by atoms with Crippen LogP contribution in [0.5, 0.6) is 0 Å². The van der Waals surface area contributed by atoms with Crippen LogP contribution in [0, 0.1) is 5.92 Å². The number of likely N-dealkylation sites (tertiary alicyclic amines) is 1. The smallest absolute Gasteiger partial charge is 0.255 e. The Kier molecular flexibility index (Phi) is 6.24. The van der Waals surface area contributed by atoms with Gasteiger partial charge in [-0.1, -0.05) is 19.1 Å². The van der Waals surface area contributed by atoms with E-state index in [1.165, 1.54) is 25.3 Å². The minimum Gasteiger partial charge on any atom is -0.326 e. The lowest BCUT2D eigenvalue weighted by Gasteiger charge is -2.30. The van der Waals surface area contributed by atoms with Gasteiger partial charge in [-0.05, 0) is 73.8 Å². The topological polar surface area (TPSA) is 61.4 Å². The molecule has 0 spiro atoms. The number of amides is 2. The van der Waals surface area contributed by atoms with Crippen LogP contribution in [0.1, 0.15) is 42.6 Å². The molecule has 0 atom stereocenters. The number of nitrogens with one attached hydrogen (secondary N) is 2. The van der Waals surface area contributed by atoms with E-state index in [1.54, 1.807) is 24.3 Å². The Morgan fingerprint density at radius 2 is 1.48 bits per heavy atom. The molecule has 0 aliphatic carbocycles. The van der Waals surface area contributed by atoms with Crippen LogP contribution < -0.4 is 10.6 Å². The zero-order chi connectivity index (χ0) is 19.2. The first-order valence-corrected chi connectivity index (χ1v) is 9.50. The van der Waals surface area contributed by atoms with Gasteiger partial charge in [0.1, 0.15) is 0 Å². The van der Waals surface area contributed by atoms with Crippen LogP contribution in [0.2, 0.25) is 0 Å². The predicted molar refractivity (Wildman–Crippen MR) is 109 cm³/mol. The second-order valence-corrected chi connectivity index (χ2v) is 7.37. The number of hydrogen-bond donors (Lipinski definition) is 2. The van der Waals surface area contributed by atoms with Crippen LogP contribution in [0.15, 0.2) is 48.5 Å². The number of rotatable bonds is 5. The van der Waals surface area contributed by atoms with Crippen molar-refractivity contribution in [2.45, 2.75) is 33.2 Å². The molecule has 1 aliphatic rings. The average molecular weight is 365 g/mol. The zero-order valence-electron chi connectivity index (χ0n) is 16.0. The summed E-state index contributed by atoms with van der Waals surface area (Å²) in [6.45, 7) is 7.03. The summed E-state index contributed by atoms with van der Waals surface area (Å²) in [4.78, 5) is 25.9. The fourth-order valence-corrected chi connectivity index (χ4v) is 3.28. The Labute approximate surface area is 160 Å². The average Bonchev–Trinajstić information content (AvgIpc) is 2.65. The maximum absolute atomic E-state index is 12.4. The standard InChI is InChI=1S/C22H27N3O2/c1-16-11-13-25(14-12-16)15-18-3-5-19(6-4-18)22(27)24-21-9-7-20(8-10-21)23-17(2)26/h3-10,16H,11-15H2,1-2H3,(H,23,26)(H,24,27). The van der Waals surface area contributed by atoms with Crippen molar-refractivity contribution in [2.75, 3.05) is 23.7 Å². The maximum Gasteiger partial charge on any atom is 0.255 e. The van der Waals surface area contributed by atoms with E-state index in [2.05, 4.69) is 22.5 Å². The summed E-state index contributed by atoms with van der Waals surface area (Å²) in [7, 11) is 0. The SMILES string of the molecule is CC(=O)Nc1ccc(NC(=O)c2ccc(CN3CCC(C)CC3)cc2)cc1. The largest absolute Gasteiger partial charge is 0.326 e. The van der Waals surface area contributed by atoms with Gasteiger partial charge in [-0.25, -0.2) is 0 Å². The number of anilines is 2. The Hall–Kier alpha value is -2.66. The lowest BCUT2D eigenvalue weighted by Crippen LogP contribution is -2.32. The van der Waals surface area contributed by atoms with Crippen molar-refractivity contribution in [3.05, 3.63) is 59.7 Å². The lowest BCUT2D eigenvalue weighted by atomic mass is 9.99. The number of carbonyl (C=O) groups excluding carboxylic acids is 2. The third-order valence-corrected chi connectivity index (χ3v) is 4.96. The second kappa shape index (κ2) is 8.82. The van der Waals surface area contributed by atoms with Gasteiger partial charge in [-0.15, -0.1) is 0 Å². The Bertz CT molecular complexity index is 776. The quantitative estimate of drug-likeness (QED) is 0.837. The number of hydrogen-bond acceptors (Lipinski definition) is 3. The molecule has 0 saturated carbocycles. The van der Waals surface area contributed by atoms with Gasteiger partial charge in [-0.3, -0.25) is 14.5 Å². The summed E-state index contributed by atoms with van der Waals surface area (Å²) in [5.74, 6) is 0.575. The Morgan fingerprint density at radius 3 is 2.04 bits per heavy atom. The lowest BCUT2D eigenvalue weighted by molar-refractivity contribution is -0.114. The van der Waals surface area contributed by atoms with Gasteiger partial charge < -0.3 is 10.6 Å². The monoisotopic (exact) mass is 365 g/mol. The first-order valence-electron chi connectivity index (χ1n) is 9.50. The predicted octanol–water partition coefficient (Wildman–Crippen LogP) is 4.13. The molecule has 1 fully saturated rings. The number of nitrogens with zero attached hydrogens (tertiary/aromatic N) is 1. The van der Waals surface area contributed by atoms with E-state index in [4.69, 9.17) is 0 Å². The van der Waals surface area contributed by atoms with Gasteiger partial charge in [-0.2, -0.15) is 0 Å². The summed E-state index contributed by atoms with van der Waals surface area (Å²) in [6, 6.07) is 14.9. The van der Waals surface area contributed by atoms with Crippen molar-refractivity contribution < 1.29 is 9.59 Å². The van der Waals surface area contributed by atoms with Gasteiger partial charge in [0.05, 0.1) is 0 Å². The fourth-order valence-electron chi connectivity index (χ4n) is 3.28. The van der Waals surface area contributed by atoms with E-state index in [1.807, 2.05) is 24.3 Å². The molecule has 2 aromatic rings. The zero-order valence-corrected chi connectivity index (χ0v) is 16.0. The van der Waals surface area contributed by atoms with Crippen LogP contribution >= 0.6 is 0 Å². The molecule has 5 nitrogen and oxygen atoms in total. The van der Waals surface area contributed by atoms with Crippen molar-refractivity contribution in [2.24, 2.45) is 5.92 Å². The van der Waals surface area contributed by atoms with Crippen LogP contribution in [-0.4, -0.2) is 29.8 Å². The Balaban J connectivity index is 1.55. The summed E-state index contributed by atoms with van der Waals surface area (Å²) < 4.78 is 0. The van der Waals surface area contributed by atoms with Crippen LogP contribution in [0.3, 0.4) is 0 Å². The minimum absolute atomic E-state index is 0.119. The number of benzene rings is 2. The normalized spacial score (nSPS) is 15.3. The first-order chi connectivity index (χ1) is 13.0. The summed E-state index contributed by atoms with van der Waals surface area (Å²) in [5.41, 5.74) is 3.27. The molecule has 142 valence electrons. The van der Waals surface area contributed by atoms with Crippen molar-refractivity contribution in [1.82, 2.24) is 4.90 Å². The van der Waals surface area contributed by atoms with Crippen LogP contribution in [0.4, 0.5) is 11.4 Å². The van der Waals surface area contributed by atoms with E-state index < -0.39 is 0 Å². The third kappa shape index (κ3) is 5.66. The molecule has 0 radical (unpaired) electrons. The molecule has 0 aromatic heterocycles. The molecule has 1 saturated heterocycles. The van der Waals surface area contributed by atoms with Crippen molar-refractivity contribution >= 4 is 23.2 Å². The van der Waals surface area contributed by atoms with Gasteiger partial charge in [0.15, 0.2) is 0 Å². The van der Waals surface area contributed by atoms with Crippen molar-refractivity contribution in [3.63, 3.8) is 0 Å². The van der Waals surface area contributed by atoms with E-state index in [0.29, 0.717) is 16.9 Å². The fraction of sp³-hybridized carbons (Fsp3) is 0.364. The molecule has 0 bridgehead atoms. The van der Waals surface area contributed by atoms with E-state index >= 15 is 0 Å². The highest BCUT2D eigenvalue weighted by Gasteiger charge is 2.15. The summed E-state index contributed by atoms with van der Waals surface area (Å²) >= 11 is 0. The second-order valence-electron chi connectivity index (χ2n) is 7.37. The van der Waals surface area contributed by atoms with E-state index in [9.17, 15) is 9.59 Å². The molecule has 2 amide bonds. The number of piperidine rings is 1. The molecule has 27 heavy (non-hydrogen) atoms. The van der Waals surface area contributed by atoms with Crippen molar-refractivity contribution in [1.29, 1.82) is 0 Å². The highest BCUT2D eigenvalue weighted by atomic mass is 16.2. The highest BCUT2D eigenvalue weighted by molar-refractivity contribution is 6.04. The first kappa shape index (κ1) is 19.1. The molecule has 3 rings (SSSR count). The summed E-state index contributed by atoms with van der Waals surface area (Å²) in [6.07, 6.45) is 2.53. The van der Waals surface area contributed by atoms with E-state index in [-0.39, 0.29) is 11.8 Å². The van der Waals surface area contributed by atoms with Crippen LogP contribution in [-0.2, 0) is 11.3 Å². The van der Waals surface area contributed by atoms with Gasteiger partial charge in [0.2, 0.25) is 5.91 Å². The number of carbonyl (C=O) groups is 2. The molecule has 2 N–H and O–H groups in total. The summed E-state index contributed by atoms with van der Waals surface area (Å²) in [5, 5.41) is 5.59. The van der Waals surface area contributed by atoms with Gasteiger partial charge in [0.25, 0.3) is 5.91 Å². The minimum atomic E-state index is -0.138. The van der Waals surface area contributed by atoms with Gasteiger partial charge in [0, 0.05) is 30.4 Å². The molecule has 5 heteroatoms. The van der Waals surface area contributed by atoms with E-state index in [0.717, 1.165) is 25.6 Å². The Morgan fingerprint density at radius 1 is 0.926 bits per heavy atom. The molecule has 1 heterocycles. The van der Waals surface area contributed by atoms with Gasteiger partial charge >= 0.3 is 0 Å². The molecule has 0 unspecified atom stereocenters. The van der Waals surface area contributed by atoms with Crippen molar-refractivity contribution in [3.8, 4) is 0 Å². The highest BCUT2D eigenvalue weighted by Crippen LogP contribution is 2.19.